The van der Waals surface area contributed by atoms with Gasteiger partial charge in [-0.25, -0.2) is 0 Å². The molecule has 3 aromatic rings. The van der Waals surface area contributed by atoms with E-state index in [0.717, 1.165) is 35.6 Å². The Hall–Kier alpha value is -2.62. The molecule has 2 N–H and O–H groups in total. The first kappa shape index (κ1) is 25.0. The molecule has 2 aromatic heterocycles. The van der Waals surface area contributed by atoms with Crippen molar-refractivity contribution in [1.82, 2.24) is 15.2 Å². The van der Waals surface area contributed by atoms with E-state index in [0.29, 0.717) is 24.4 Å². The molecular weight excluding hydrogens is 464 g/mol. The Kier molecular flexibility index (Phi) is 6.98. The number of nitrogens with one attached hydrogen (secondary N) is 2. The number of aromatic amines is 1. The van der Waals surface area contributed by atoms with Gasteiger partial charge in [-0.15, -0.1) is 11.3 Å². The Balaban J connectivity index is 1.47. The number of rotatable bonds is 9. The minimum Gasteiger partial charge on any atom is -0.346 e. The first-order valence-corrected chi connectivity index (χ1v) is 14.2. The molecule has 1 aromatic carbocycles. The van der Waals surface area contributed by atoms with Gasteiger partial charge in [-0.1, -0.05) is 17.2 Å². The number of benzene rings is 1. The quantitative estimate of drug-likeness (QED) is 0.334. The number of carbonyl (C=O) groups excluding carboxylic acids is 1. The molecule has 2 aliphatic heterocycles. The zero-order valence-corrected chi connectivity index (χ0v) is 22.9. The minimum absolute atomic E-state index is 0.298. The summed E-state index contributed by atoms with van der Waals surface area (Å²) in [4.78, 5) is 22.0. The third-order valence-corrected chi connectivity index (χ3v) is 9.51. The second kappa shape index (κ2) is 10.0. The van der Waals surface area contributed by atoms with Crippen LogP contribution in [0.3, 0.4) is 0 Å². The number of aryl methyl sites for hydroxylation is 2. The van der Waals surface area contributed by atoms with Crippen LogP contribution < -0.4 is 5.32 Å². The summed E-state index contributed by atoms with van der Waals surface area (Å²) in [5, 5.41) is 13.6. The maximum Gasteiger partial charge on any atom is 0.233 e. The third kappa shape index (κ3) is 4.60. The van der Waals surface area contributed by atoms with Crippen molar-refractivity contribution >= 4 is 27.5 Å². The second-order valence-electron chi connectivity index (χ2n) is 11.3. The Morgan fingerprint density at radius 3 is 2.42 bits per heavy atom. The van der Waals surface area contributed by atoms with Crippen molar-refractivity contribution in [2.45, 2.75) is 90.1 Å². The van der Waals surface area contributed by atoms with E-state index in [1.807, 2.05) is 0 Å². The van der Waals surface area contributed by atoms with E-state index < -0.39 is 5.41 Å². The summed E-state index contributed by atoms with van der Waals surface area (Å²) in [5.41, 5.74) is 5.72. The molecule has 0 unspecified atom stereocenters. The standard InChI is InChI=1S/C30H38N4OS/c1-19-15-20(2)17-21(16-19)27-24(11-14-32-13-6-5-12-31)25-18-26(36-28(25)33-27)30(3,4)29(35)34-22-7-8-23(34)10-9-22/h15-18,22-23,32-33H,5-11,13-14H2,1-4H3. The van der Waals surface area contributed by atoms with Gasteiger partial charge in [0.15, 0.2) is 0 Å². The van der Waals surface area contributed by atoms with Gasteiger partial charge in [0.2, 0.25) is 5.91 Å². The molecule has 2 fully saturated rings. The van der Waals surface area contributed by atoms with Gasteiger partial charge >= 0.3 is 0 Å². The first-order valence-electron chi connectivity index (χ1n) is 13.4. The molecule has 36 heavy (non-hydrogen) atoms. The van der Waals surface area contributed by atoms with Crippen LogP contribution >= 0.6 is 11.3 Å². The number of thiophene rings is 1. The predicted octanol–water partition coefficient (Wildman–Crippen LogP) is 6.38. The van der Waals surface area contributed by atoms with Crippen molar-refractivity contribution < 1.29 is 4.79 Å². The highest BCUT2D eigenvalue weighted by atomic mass is 32.1. The largest absolute Gasteiger partial charge is 0.346 e. The molecule has 0 atom stereocenters. The van der Waals surface area contributed by atoms with Gasteiger partial charge in [0.05, 0.1) is 17.2 Å². The topological polar surface area (TPSA) is 71.9 Å². The van der Waals surface area contributed by atoms with Gasteiger partial charge in [-0.3, -0.25) is 4.79 Å². The summed E-state index contributed by atoms with van der Waals surface area (Å²) in [7, 11) is 0. The normalized spacial score (nSPS) is 19.4. The Morgan fingerprint density at radius 1 is 1.11 bits per heavy atom. The molecule has 0 radical (unpaired) electrons. The highest BCUT2D eigenvalue weighted by Crippen LogP contribution is 2.44. The van der Waals surface area contributed by atoms with Gasteiger partial charge in [0.1, 0.15) is 4.83 Å². The maximum absolute atomic E-state index is 13.8. The van der Waals surface area contributed by atoms with Crippen LogP contribution in [0, 0.1) is 25.2 Å². The van der Waals surface area contributed by atoms with Crippen LogP contribution in [0.2, 0.25) is 0 Å². The number of carbonyl (C=O) groups is 1. The molecule has 4 heterocycles. The Morgan fingerprint density at radius 2 is 1.78 bits per heavy atom. The molecule has 0 spiro atoms. The summed E-state index contributed by atoms with van der Waals surface area (Å²) in [6.45, 7) is 10.2. The van der Waals surface area contributed by atoms with Crippen LogP contribution in [0.25, 0.3) is 21.5 Å². The van der Waals surface area contributed by atoms with Crippen molar-refractivity contribution in [3.05, 3.63) is 45.8 Å². The van der Waals surface area contributed by atoms with Crippen LogP contribution in [0.5, 0.6) is 0 Å². The number of aromatic nitrogens is 1. The number of amides is 1. The molecule has 2 saturated heterocycles. The number of H-pyrrole nitrogens is 1. The van der Waals surface area contributed by atoms with E-state index in [1.165, 1.54) is 59.0 Å². The third-order valence-electron chi connectivity index (χ3n) is 8.14. The minimum atomic E-state index is -0.525. The highest BCUT2D eigenvalue weighted by molar-refractivity contribution is 7.19. The fourth-order valence-corrected chi connectivity index (χ4v) is 7.45. The molecule has 6 heteroatoms. The number of hydrogen-bond acceptors (Lipinski definition) is 4. The van der Waals surface area contributed by atoms with Crippen molar-refractivity contribution in [3.63, 3.8) is 0 Å². The van der Waals surface area contributed by atoms with Crippen molar-refractivity contribution in [2.75, 3.05) is 13.1 Å². The van der Waals surface area contributed by atoms with Gasteiger partial charge in [0.25, 0.3) is 0 Å². The monoisotopic (exact) mass is 502 g/mol. The summed E-state index contributed by atoms with van der Waals surface area (Å²) in [6, 6.07) is 12.1. The average Bonchev–Trinajstić information content (AvgIpc) is 3.60. The lowest BCUT2D eigenvalue weighted by Gasteiger charge is -2.31. The van der Waals surface area contributed by atoms with Gasteiger partial charge < -0.3 is 15.2 Å². The highest BCUT2D eigenvalue weighted by Gasteiger charge is 2.47. The lowest BCUT2D eigenvalue weighted by Crippen LogP contribution is -2.45. The molecule has 190 valence electrons. The number of nitrogens with zero attached hydrogens (tertiary/aromatic N) is 2. The van der Waals surface area contributed by atoms with E-state index >= 15 is 0 Å². The zero-order chi connectivity index (χ0) is 25.4. The number of fused-ring (bicyclic) bond motifs is 3. The lowest BCUT2D eigenvalue weighted by atomic mass is 9.88. The molecule has 1 amide bonds. The van der Waals surface area contributed by atoms with Crippen LogP contribution in [-0.4, -0.2) is 41.0 Å². The van der Waals surface area contributed by atoms with E-state index in [-0.39, 0.29) is 0 Å². The molecule has 0 saturated carbocycles. The van der Waals surface area contributed by atoms with Crippen LogP contribution in [0.15, 0.2) is 24.3 Å². The van der Waals surface area contributed by atoms with Crippen LogP contribution in [0.4, 0.5) is 0 Å². The SMILES string of the molecule is Cc1cc(C)cc(-c2[nH]c3sc(C(C)(C)C(=O)N4C5CCC4CC5)cc3c2CCNCCCC#N)c1. The number of nitriles is 1. The molecule has 5 rings (SSSR count). The summed E-state index contributed by atoms with van der Waals surface area (Å²) >= 11 is 1.74. The first-order chi connectivity index (χ1) is 17.3. The van der Waals surface area contributed by atoms with Crippen molar-refractivity contribution in [1.29, 1.82) is 5.26 Å². The Bertz CT molecular complexity index is 1270. The fraction of sp³-hybridized carbons (Fsp3) is 0.533. The molecule has 5 nitrogen and oxygen atoms in total. The summed E-state index contributed by atoms with van der Waals surface area (Å²) in [5.74, 6) is 0.298. The van der Waals surface area contributed by atoms with Crippen molar-refractivity contribution in [3.8, 4) is 17.3 Å². The molecule has 2 bridgehead atoms. The average molecular weight is 503 g/mol. The zero-order valence-electron chi connectivity index (χ0n) is 22.0. The van der Waals surface area contributed by atoms with E-state index in [4.69, 9.17) is 5.26 Å². The summed E-state index contributed by atoms with van der Waals surface area (Å²) < 4.78 is 0. The molecular formula is C30H38N4OS. The Labute approximate surface area is 218 Å². The van der Waals surface area contributed by atoms with Gasteiger partial charge in [-0.2, -0.15) is 5.26 Å². The van der Waals surface area contributed by atoms with E-state index in [1.54, 1.807) is 11.3 Å². The smallest absolute Gasteiger partial charge is 0.233 e. The summed E-state index contributed by atoms with van der Waals surface area (Å²) in [6.07, 6.45) is 7.04. The van der Waals surface area contributed by atoms with Gasteiger partial charge in [-0.05, 0) is 109 Å². The fourth-order valence-electron chi connectivity index (χ4n) is 6.27. The predicted molar refractivity (Wildman–Crippen MR) is 148 cm³/mol. The molecule has 2 aliphatic rings. The van der Waals surface area contributed by atoms with Crippen molar-refractivity contribution in [2.24, 2.45) is 0 Å². The van der Waals surface area contributed by atoms with Crippen LogP contribution in [-0.2, 0) is 16.6 Å². The van der Waals surface area contributed by atoms with Crippen LogP contribution in [0.1, 0.15) is 73.9 Å². The van der Waals surface area contributed by atoms with E-state index in [2.05, 4.69) is 73.2 Å². The maximum atomic E-state index is 13.8. The number of unbranched alkanes of at least 4 members (excludes halogenated alkanes) is 1. The van der Waals surface area contributed by atoms with Gasteiger partial charge in [0, 0.05) is 28.8 Å². The molecule has 0 aliphatic carbocycles. The second-order valence-corrected chi connectivity index (χ2v) is 12.3. The lowest BCUT2D eigenvalue weighted by molar-refractivity contribution is -0.137. The number of hydrogen-bond donors (Lipinski definition) is 2. The van der Waals surface area contributed by atoms with E-state index in [9.17, 15) is 4.79 Å².